The van der Waals surface area contributed by atoms with Crippen LogP contribution in [-0.2, 0) is 19.4 Å². The second-order valence-electron chi connectivity index (χ2n) is 7.61. The summed E-state index contributed by atoms with van der Waals surface area (Å²) in [5.41, 5.74) is 2.47. The van der Waals surface area contributed by atoms with Gasteiger partial charge in [-0.3, -0.25) is 14.7 Å². The summed E-state index contributed by atoms with van der Waals surface area (Å²) in [5.74, 6) is -0.0383. The number of nitrogens with one attached hydrogen (secondary N) is 3. The van der Waals surface area contributed by atoms with E-state index in [1.54, 1.807) is 30.5 Å². The molecule has 0 fully saturated rings. The molecule has 10 heteroatoms. The number of furan rings is 1. The highest BCUT2D eigenvalue weighted by Crippen LogP contribution is 2.39. The quantitative estimate of drug-likeness (QED) is 0.316. The number of aryl methyl sites for hydroxylation is 1. The summed E-state index contributed by atoms with van der Waals surface area (Å²) >= 11 is 7.44. The summed E-state index contributed by atoms with van der Waals surface area (Å²) in [7, 11) is 0. The van der Waals surface area contributed by atoms with Crippen molar-refractivity contribution in [3.63, 3.8) is 0 Å². The lowest BCUT2D eigenvalue weighted by molar-refractivity contribution is 0.0948. The zero-order valence-electron chi connectivity index (χ0n) is 17.3. The molecule has 0 bridgehead atoms. The van der Waals surface area contributed by atoms with Gasteiger partial charge in [-0.1, -0.05) is 11.6 Å². The number of benzene rings is 1. The molecule has 8 nitrogen and oxygen atoms in total. The number of thiophene rings is 1. The summed E-state index contributed by atoms with van der Waals surface area (Å²) in [6, 6.07) is 9.67. The summed E-state index contributed by atoms with van der Waals surface area (Å²) in [4.78, 5) is 27.1. The van der Waals surface area contributed by atoms with E-state index in [0.29, 0.717) is 32.6 Å². The maximum atomic E-state index is 13.0. The van der Waals surface area contributed by atoms with Crippen LogP contribution in [0.15, 0.2) is 47.1 Å². The Labute approximate surface area is 197 Å². The summed E-state index contributed by atoms with van der Waals surface area (Å²) < 4.78 is 5.28. The van der Waals surface area contributed by atoms with Crippen molar-refractivity contribution in [2.45, 2.75) is 25.8 Å². The van der Waals surface area contributed by atoms with Gasteiger partial charge in [0.1, 0.15) is 22.2 Å². The van der Waals surface area contributed by atoms with Gasteiger partial charge in [0.2, 0.25) is 0 Å². The van der Waals surface area contributed by atoms with Gasteiger partial charge in [0.25, 0.3) is 11.8 Å². The zero-order chi connectivity index (χ0) is 22.9. The number of phenols is 1. The zero-order valence-corrected chi connectivity index (χ0v) is 18.8. The van der Waals surface area contributed by atoms with E-state index < -0.39 is 5.91 Å². The van der Waals surface area contributed by atoms with Crippen LogP contribution in [0.4, 0.5) is 5.00 Å². The standard InChI is InChI=1S/C23H19ClN4O4S/c24-12-6-7-18(29)15(9-12)16-10-17(28-27-16)21(30)26-23-20(14-4-1-5-19(14)33-23)22(31)25-11-13-3-2-8-32-13/h2-3,6-10,29H,1,4-5,11H2,(H,25,31)(H,26,30)(H,27,28). The molecule has 3 heterocycles. The van der Waals surface area contributed by atoms with Gasteiger partial charge in [0.15, 0.2) is 0 Å². The number of nitrogens with zero attached hydrogens (tertiary/aromatic N) is 1. The molecule has 2 amide bonds. The first-order valence-corrected chi connectivity index (χ1v) is 11.5. The molecular weight excluding hydrogens is 464 g/mol. The molecule has 1 aromatic carbocycles. The van der Waals surface area contributed by atoms with Crippen molar-refractivity contribution in [2.24, 2.45) is 0 Å². The molecule has 4 aromatic rings. The van der Waals surface area contributed by atoms with Gasteiger partial charge in [-0.15, -0.1) is 11.3 Å². The Balaban J connectivity index is 1.37. The Hall–Kier alpha value is -3.56. The minimum Gasteiger partial charge on any atom is -0.507 e. The number of aromatic nitrogens is 2. The van der Waals surface area contributed by atoms with Crippen LogP contribution in [-0.4, -0.2) is 27.1 Å². The Morgan fingerprint density at radius 2 is 2.09 bits per heavy atom. The molecule has 1 aliphatic carbocycles. The third-order valence-electron chi connectivity index (χ3n) is 5.44. The van der Waals surface area contributed by atoms with Crippen LogP contribution in [0.5, 0.6) is 5.75 Å². The molecule has 0 unspecified atom stereocenters. The normalized spacial score (nSPS) is 12.5. The summed E-state index contributed by atoms with van der Waals surface area (Å²) in [5, 5.41) is 23.6. The third kappa shape index (κ3) is 4.24. The van der Waals surface area contributed by atoms with Crippen molar-refractivity contribution in [3.8, 4) is 17.0 Å². The van der Waals surface area contributed by atoms with Gasteiger partial charge in [-0.05, 0) is 61.2 Å². The van der Waals surface area contributed by atoms with E-state index >= 15 is 0 Å². The van der Waals surface area contributed by atoms with Crippen molar-refractivity contribution in [1.29, 1.82) is 0 Å². The van der Waals surface area contributed by atoms with Gasteiger partial charge in [-0.25, -0.2) is 0 Å². The molecule has 3 aromatic heterocycles. The Morgan fingerprint density at radius 3 is 2.91 bits per heavy atom. The fourth-order valence-corrected chi connectivity index (χ4v) is 5.32. The largest absolute Gasteiger partial charge is 0.507 e. The van der Waals surface area contributed by atoms with Crippen LogP contribution in [0.2, 0.25) is 5.02 Å². The Kier molecular flexibility index (Phi) is 5.65. The number of halogens is 1. The van der Waals surface area contributed by atoms with Gasteiger partial charge in [0, 0.05) is 15.5 Å². The SMILES string of the molecule is O=C(Nc1sc2c(c1C(=O)NCc1ccco1)CCC2)c1cc(-c2cc(Cl)ccc2O)n[nH]1. The number of anilines is 1. The number of hydrogen-bond acceptors (Lipinski definition) is 6. The van der Waals surface area contributed by atoms with Gasteiger partial charge < -0.3 is 20.2 Å². The monoisotopic (exact) mass is 482 g/mol. The minimum absolute atomic E-state index is 0.00283. The number of carbonyl (C=O) groups is 2. The second kappa shape index (κ2) is 8.76. The molecular formula is C23H19ClN4O4S. The van der Waals surface area contributed by atoms with Crippen LogP contribution < -0.4 is 10.6 Å². The molecule has 5 rings (SSSR count). The molecule has 0 atom stereocenters. The number of rotatable bonds is 6. The van der Waals surface area contributed by atoms with E-state index in [2.05, 4.69) is 20.8 Å². The van der Waals surface area contributed by atoms with E-state index in [4.69, 9.17) is 16.0 Å². The van der Waals surface area contributed by atoms with Crippen molar-refractivity contribution >= 4 is 39.8 Å². The smallest absolute Gasteiger partial charge is 0.274 e. The maximum Gasteiger partial charge on any atom is 0.274 e. The van der Waals surface area contributed by atoms with Crippen molar-refractivity contribution in [3.05, 3.63) is 75.1 Å². The van der Waals surface area contributed by atoms with Crippen LogP contribution in [0.1, 0.15) is 43.5 Å². The van der Waals surface area contributed by atoms with E-state index in [1.165, 1.54) is 23.5 Å². The summed E-state index contributed by atoms with van der Waals surface area (Å²) in [6.45, 7) is 0.261. The van der Waals surface area contributed by atoms with Gasteiger partial charge >= 0.3 is 0 Å². The predicted molar refractivity (Wildman–Crippen MR) is 125 cm³/mol. The van der Waals surface area contributed by atoms with Crippen LogP contribution in [0.3, 0.4) is 0 Å². The fraction of sp³-hybridized carbons (Fsp3) is 0.174. The van der Waals surface area contributed by atoms with E-state index in [-0.39, 0.29) is 23.9 Å². The molecule has 1 aliphatic rings. The van der Waals surface area contributed by atoms with E-state index in [9.17, 15) is 14.7 Å². The number of hydrogen-bond donors (Lipinski definition) is 4. The Morgan fingerprint density at radius 1 is 1.21 bits per heavy atom. The topological polar surface area (TPSA) is 120 Å². The highest BCUT2D eigenvalue weighted by molar-refractivity contribution is 7.17. The third-order valence-corrected chi connectivity index (χ3v) is 6.88. The first-order valence-electron chi connectivity index (χ1n) is 10.3. The number of aromatic amines is 1. The highest BCUT2D eigenvalue weighted by Gasteiger charge is 2.28. The van der Waals surface area contributed by atoms with Gasteiger partial charge in [-0.2, -0.15) is 5.10 Å². The summed E-state index contributed by atoms with van der Waals surface area (Å²) in [6.07, 6.45) is 4.22. The molecule has 168 valence electrons. The molecule has 0 aliphatic heterocycles. The average Bonchev–Trinajstić information content (AvgIpc) is 3.58. The predicted octanol–water partition coefficient (Wildman–Crippen LogP) is 4.76. The number of H-pyrrole nitrogens is 1. The van der Waals surface area contributed by atoms with Crippen molar-refractivity contribution in [1.82, 2.24) is 15.5 Å². The second-order valence-corrected chi connectivity index (χ2v) is 9.15. The van der Waals surface area contributed by atoms with Crippen LogP contribution in [0, 0.1) is 0 Å². The number of phenolic OH excluding ortho intramolecular Hbond substituents is 1. The highest BCUT2D eigenvalue weighted by atomic mass is 35.5. The molecule has 0 saturated heterocycles. The van der Waals surface area contributed by atoms with E-state index in [0.717, 1.165) is 29.7 Å². The lowest BCUT2D eigenvalue weighted by atomic mass is 10.1. The number of fused-ring (bicyclic) bond motifs is 1. The fourth-order valence-electron chi connectivity index (χ4n) is 3.86. The Bertz CT molecular complexity index is 1340. The number of aromatic hydroxyl groups is 1. The number of amides is 2. The molecule has 4 N–H and O–H groups in total. The molecule has 0 spiro atoms. The van der Waals surface area contributed by atoms with E-state index in [1.807, 2.05) is 0 Å². The minimum atomic E-state index is -0.435. The number of carbonyl (C=O) groups excluding carboxylic acids is 2. The lowest BCUT2D eigenvalue weighted by Crippen LogP contribution is -2.25. The molecule has 0 saturated carbocycles. The molecule has 33 heavy (non-hydrogen) atoms. The van der Waals surface area contributed by atoms with Crippen LogP contribution >= 0.6 is 22.9 Å². The first-order chi connectivity index (χ1) is 16.0. The maximum absolute atomic E-state index is 13.0. The molecule has 0 radical (unpaired) electrons. The van der Waals surface area contributed by atoms with Crippen LogP contribution in [0.25, 0.3) is 11.3 Å². The van der Waals surface area contributed by atoms with Crippen molar-refractivity contribution in [2.75, 3.05) is 5.32 Å². The first kappa shape index (κ1) is 21.3. The average molecular weight is 483 g/mol. The van der Waals surface area contributed by atoms with Gasteiger partial charge in [0.05, 0.1) is 24.1 Å². The lowest BCUT2D eigenvalue weighted by Gasteiger charge is -2.08. The van der Waals surface area contributed by atoms with Crippen molar-refractivity contribution < 1.29 is 19.1 Å².